The van der Waals surface area contributed by atoms with E-state index in [1.807, 2.05) is 50.2 Å². The Morgan fingerprint density at radius 1 is 1.14 bits per heavy atom. The molecular formula is C23H22N2O2S. The summed E-state index contributed by atoms with van der Waals surface area (Å²) < 4.78 is 5.19. The molecule has 0 aromatic heterocycles. The lowest BCUT2D eigenvalue weighted by Crippen LogP contribution is -2.30. The van der Waals surface area contributed by atoms with E-state index in [1.165, 1.54) is 11.8 Å². The molecule has 2 aromatic carbocycles. The second kappa shape index (κ2) is 8.81. The van der Waals surface area contributed by atoms with Crippen molar-refractivity contribution < 1.29 is 9.53 Å². The van der Waals surface area contributed by atoms with Crippen molar-refractivity contribution in [2.45, 2.75) is 20.8 Å². The molecule has 0 unspecified atom stereocenters. The van der Waals surface area contributed by atoms with E-state index in [-0.39, 0.29) is 5.91 Å². The fourth-order valence-corrected chi connectivity index (χ4v) is 3.76. The topological polar surface area (TPSA) is 41.9 Å². The zero-order valence-electron chi connectivity index (χ0n) is 16.4. The molecule has 4 nitrogen and oxygen atoms in total. The number of hydrogen-bond acceptors (Lipinski definition) is 4. The molecule has 142 valence electrons. The van der Waals surface area contributed by atoms with E-state index in [0.717, 1.165) is 28.1 Å². The molecule has 1 amide bonds. The molecule has 2 aromatic rings. The van der Waals surface area contributed by atoms with Crippen LogP contribution in [0, 0.1) is 25.7 Å². The minimum absolute atomic E-state index is 0.132. The van der Waals surface area contributed by atoms with Crippen LogP contribution >= 0.6 is 11.8 Å². The zero-order valence-corrected chi connectivity index (χ0v) is 17.3. The highest BCUT2D eigenvalue weighted by atomic mass is 32.2. The van der Waals surface area contributed by atoms with Crippen molar-refractivity contribution in [3.05, 3.63) is 64.9 Å². The minimum atomic E-state index is -0.132. The van der Waals surface area contributed by atoms with Crippen LogP contribution in [-0.4, -0.2) is 23.9 Å². The van der Waals surface area contributed by atoms with Crippen molar-refractivity contribution in [1.29, 1.82) is 0 Å². The number of rotatable bonds is 4. The summed E-state index contributed by atoms with van der Waals surface area (Å²) in [4.78, 5) is 19.5. The van der Waals surface area contributed by atoms with E-state index in [0.29, 0.717) is 16.6 Å². The second-order valence-corrected chi connectivity index (χ2v) is 7.34. The fraction of sp³-hybridized carbons (Fsp3) is 0.217. The summed E-state index contributed by atoms with van der Waals surface area (Å²) in [5.41, 5.74) is 4.35. The van der Waals surface area contributed by atoms with Crippen LogP contribution in [0.4, 0.5) is 5.69 Å². The summed E-state index contributed by atoms with van der Waals surface area (Å²) in [6.45, 7) is 5.86. The van der Waals surface area contributed by atoms with Crippen molar-refractivity contribution in [3.8, 4) is 17.6 Å². The number of nitrogens with zero attached hydrogens (tertiary/aromatic N) is 2. The Kier molecular flexibility index (Phi) is 6.23. The van der Waals surface area contributed by atoms with E-state index in [4.69, 9.17) is 4.74 Å². The van der Waals surface area contributed by atoms with Gasteiger partial charge in [0.2, 0.25) is 0 Å². The van der Waals surface area contributed by atoms with E-state index in [9.17, 15) is 4.79 Å². The summed E-state index contributed by atoms with van der Waals surface area (Å²) in [5, 5.41) is 0.650. The monoisotopic (exact) mass is 390 g/mol. The van der Waals surface area contributed by atoms with E-state index >= 15 is 0 Å². The molecule has 28 heavy (non-hydrogen) atoms. The number of methoxy groups -OCH3 is 1. The number of aryl methyl sites for hydroxylation is 2. The van der Waals surface area contributed by atoms with Gasteiger partial charge in [-0.2, -0.15) is 0 Å². The lowest BCUT2D eigenvalue weighted by Gasteiger charge is -2.18. The molecule has 1 aliphatic heterocycles. The molecule has 0 bridgehead atoms. The molecule has 0 atom stereocenters. The van der Waals surface area contributed by atoms with Gasteiger partial charge < -0.3 is 4.74 Å². The lowest BCUT2D eigenvalue weighted by molar-refractivity contribution is -0.113. The predicted octanol–water partition coefficient (Wildman–Crippen LogP) is 4.81. The SMILES string of the molecule is CC#CCSC1=NC(=Cc2ccc(OC)cc2)C(=O)N1c1cc(C)cc(C)c1. The normalized spacial score (nSPS) is 14.7. The summed E-state index contributed by atoms with van der Waals surface area (Å²) in [6, 6.07) is 13.6. The number of aliphatic imine (C=N–C) groups is 1. The molecule has 5 heteroatoms. The molecule has 0 spiro atoms. The Hall–Kier alpha value is -2.97. The number of carbonyl (C=O) groups excluding carboxylic acids is 1. The van der Waals surface area contributed by atoms with Crippen LogP contribution in [0.25, 0.3) is 6.08 Å². The number of carbonyl (C=O) groups is 1. The first kappa shape index (κ1) is 19.8. The molecule has 3 rings (SSSR count). The molecular weight excluding hydrogens is 368 g/mol. The van der Waals surface area contributed by atoms with Gasteiger partial charge in [0.25, 0.3) is 5.91 Å². The molecule has 1 heterocycles. The summed E-state index contributed by atoms with van der Waals surface area (Å²) in [7, 11) is 1.63. The van der Waals surface area contributed by atoms with E-state index in [1.54, 1.807) is 25.0 Å². The number of anilines is 1. The van der Waals surface area contributed by atoms with E-state index < -0.39 is 0 Å². The first-order chi connectivity index (χ1) is 13.5. The number of ether oxygens (including phenoxy) is 1. The van der Waals surface area contributed by atoms with Gasteiger partial charge in [0.05, 0.1) is 18.6 Å². The highest BCUT2D eigenvalue weighted by Gasteiger charge is 2.32. The molecule has 0 N–H and O–H groups in total. The number of hydrogen-bond donors (Lipinski definition) is 0. The van der Waals surface area contributed by atoms with Crippen LogP contribution in [0.5, 0.6) is 5.75 Å². The highest BCUT2D eigenvalue weighted by Crippen LogP contribution is 2.30. The quantitative estimate of drug-likeness (QED) is 0.556. The van der Waals surface area contributed by atoms with Crippen molar-refractivity contribution in [3.63, 3.8) is 0 Å². The van der Waals surface area contributed by atoms with Crippen LogP contribution in [0.3, 0.4) is 0 Å². The fourth-order valence-electron chi connectivity index (χ4n) is 2.93. The highest BCUT2D eigenvalue weighted by molar-refractivity contribution is 8.14. The Morgan fingerprint density at radius 3 is 2.43 bits per heavy atom. The van der Waals surface area contributed by atoms with Crippen LogP contribution in [0.15, 0.2) is 53.2 Å². The van der Waals surface area contributed by atoms with Gasteiger partial charge in [-0.15, -0.1) is 5.92 Å². The Labute approximate surface area is 170 Å². The van der Waals surface area contributed by atoms with Gasteiger partial charge in [-0.25, -0.2) is 4.99 Å². The third-order valence-electron chi connectivity index (χ3n) is 4.16. The smallest absolute Gasteiger partial charge is 0.283 e. The first-order valence-corrected chi connectivity index (χ1v) is 9.90. The standard InChI is InChI=1S/C23H22N2O2S/c1-5-6-11-28-23-24-21(15-18-7-9-20(27-4)10-8-18)22(26)25(23)19-13-16(2)12-17(3)14-19/h7-10,12-15H,11H2,1-4H3. The molecule has 0 radical (unpaired) electrons. The van der Waals surface area contributed by atoms with Gasteiger partial charge in [-0.05, 0) is 67.8 Å². The van der Waals surface area contributed by atoms with Crippen molar-refractivity contribution >= 4 is 34.6 Å². The van der Waals surface area contributed by atoms with Crippen LogP contribution in [0.1, 0.15) is 23.6 Å². The first-order valence-electron chi connectivity index (χ1n) is 8.91. The van der Waals surface area contributed by atoms with Gasteiger partial charge in [0.15, 0.2) is 5.17 Å². The van der Waals surface area contributed by atoms with Crippen LogP contribution in [0.2, 0.25) is 0 Å². The number of benzene rings is 2. The number of amides is 1. The van der Waals surface area contributed by atoms with Gasteiger partial charge in [-0.3, -0.25) is 9.69 Å². The second-order valence-electron chi connectivity index (χ2n) is 6.40. The summed E-state index contributed by atoms with van der Waals surface area (Å²) in [5.74, 6) is 7.13. The largest absolute Gasteiger partial charge is 0.497 e. The maximum atomic E-state index is 13.2. The van der Waals surface area contributed by atoms with E-state index in [2.05, 4.69) is 22.9 Å². The summed E-state index contributed by atoms with van der Waals surface area (Å²) in [6.07, 6.45) is 1.80. The Bertz CT molecular complexity index is 991. The maximum absolute atomic E-state index is 13.2. The zero-order chi connectivity index (χ0) is 20.1. The van der Waals surface area contributed by atoms with Crippen molar-refractivity contribution in [2.24, 2.45) is 4.99 Å². The Morgan fingerprint density at radius 2 is 1.82 bits per heavy atom. The number of amidine groups is 1. The molecule has 0 fully saturated rings. The third kappa shape index (κ3) is 4.47. The van der Waals surface area contributed by atoms with Crippen molar-refractivity contribution in [1.82, 2.24) is 0 Å². The van der Waals surface area contributed by atoms with Crippen LogP contribution < -0.4 is 9.64 Å². The molecule has 1 aliphatic rings. The average Bonchev–Trinajstić information content (AvgIpc) is 2.97. The van der Waals surface area contributed by atoms with Gasteiger partial charge >= 0.3 is 0 Å². The Balaban J connectivity index is 1.98. The molecule has 0 saturated heterocycles. The van der Waals surface area contributed by atoms with Crippen LogP contribution in [-0.2, 0) is 4.79 Å². The average molecular weight is 391 g/mol. The molecule has 0 saturated carbocycles. The lowest BCUT2D eigenvalue weighted by atomic mass is 10.1. The molecule has 0 aliphatic carbocycles. The van der Waals surface area contributed by atoms with Gasteiger partial charge in [0, 0.05) is 0 Å². The van der Waals surface area contributed by atoms with Crippen molar-refractivity contribution in [2.75, 3.05) is 17.8 Å². The number of thioether (sulfide) groups is 1. The minimum Gasteiger partial charge on any atom is -0.497 e. The third-order valence-corrected chi connectivity index (χ3v) is 4.98. The predicted molar refractivity (Wildman–Crippen MR) is 118 cm³/mol. The maximum Gasteiger partial charge on any atom is 0.283 e. The van der Waals surface area contributed by atoms with Gasteiger partial charge in [-0.1, -0.05) is 35.9 Å². The summed E-state index contributed by atoms with van der Waals surface area (Å²) >= 11 is 1.47. The van der Waals surface area contributed by atoms with Gasteiger partial charge in [0.1, 0.15) is 11.4 Å².